The van der Waals surface area contributed by atoms with Gasteiger partial charge in [-0.1, -0.05) is 66.7 Å². The van der Waals surface area contributed by atoms with Gasteiger partial charge in [-0.25, -0.2) is 0 Å². The number of allylic oxidation sites excluding steroid dienone is 1. The zero-order valence-electron chi connectivity index (χ0n) is 18.0. The van der Waals surface area contributed by atoms with Crippen molar-refractivity contribution in [3.8, 4) is 0 Å². The van der Waals surface area contributed by atoms with Crippen LogP contribution in [0.25, 0.3) is 0 Å². The Morgan fingerprint density at radius 2 is 1.34 bits per heavy atom. The van der Waals surface area contributed by atoms with Crippen molar-refractivity contribution < 1.29 is 14.4 Å². The number of rotatable bonds is 5. The first kappa shape index (κ1) is 21.2. The minimum absolute atomic E-state index is 0.276. The van der Waals surface area contributed by atoms with Crippen molar-refractivity contribution in [1.82, 2.24) is 0 Å². The fraction of sp³-hybridized carbons (Fsp3) is 0.148. The maximum Gasteiger partial charge on any atom is 0.254 e. The Labute approximate surface area is 187 Å². The molecule has 4 rings (SSSR count). The van der Waals surface area contributed by atoms with Crippen LogP contribution in [-0.4, -0.2) is 17.6 Å². The minimum atomic E-state index is -1.00. The molecule has 5 nitrogen and oxygen atoms in total. The first-order chi connectivity index (χ1) is 15.5. The molecule has 0 radical (unpaired) electrons. The van der Waals surface area contributed by atoms with E-state index in [2.05, 4.69) is 5.32 Å². The van der Waals surface area contributed by atoms with Crippen molar-refractivity contribution in [1.29, 1.82) is 0 Å². The fourth-order valence-corrected chi connectivity index (χ4v) is 4.31. The van der Waals surface area contributed by atoms with Gasteiger partial charge in [0.2, 0.25) is 5.91 Å². The molecule has 0 bridgehead atoms. The SMILES string of the molecule is CC(=O)[C@@H]1C(=O)N(c2ccccc2)C(C)=C(C(=O)Nc2ccccc2)[C@H]1c1ccccc1. The Bertz CT molecular complexity index is 1170. The summed E-state index contributed by atoms with van der Waals surface area (Å²) in [6.07, 6.45) is 0. The van der Waals surface area contributed by atoms with Crippen LogP contribution >= 0.6 is 0 Å². The Kier molecular flexibility index (Phi) is 5.99. The summed E-state index contributed by atoms with van der Waals surface area (Å²) in [7, 11) is 0. The zero-order chi connectivity index (χ0) is 22.7. The third-order valence-corrected chi connectivity index (χ3v) is 5.74. The normalized spacial score (nSPS) is 18.4. The molecule has 0 aromatic heterocycles. The second-order valence-corrected chi connectivity index (χ2v) is 7.81. The molecular weight excluding hydrogens is 400 g/mol. The number of carbonyl (C=O) groups excluding carboxylic acids is 3. The van der Waals surface area contributed by atoms with Gasteiger partial charge in [-0.15, -0.1) is 0 Å². The molecule has 3 aromatic carbocycles. The number of anilines is 2. The van der Waals surface area contributed by atoms with Gasteiger partial charge in [0.25, 0.3) is 5.91 Å². The summed E-state index contributed by atoms with van der Waals surface area (Å²) < 4.78 is 0. The molecule has 0 saturated heterocycles. The molecule has 1 N–H and O–H groups in total. The Balaban J connectivity index is 1.91. The van der Waals surface area contributed by atoms with E-state index < -0.39 is 11.8 Å². The fourth-order valence-electron chi connectivity index (χ4n) is 4.31. The van der Waals surface area contributed by atoms with Crippen molar-refractivity contribution in [2.45, 2.75) is 19.8 Å². The van der Waals surface area contributed by atoms with Crippen molar-refractivity contribution in [3.05, 3.63) is 108 Å². The molecule has 0 saturated carbocycles. The minimum Gasteiger partial charge on any atom is -0.322 e. The number of para-hydroxylation sites is 2. The van der Waals surface area contributed by atoms with Crippen molar-refractivity contribution >= 4 is 29.0 Å². The lowest BCUT2D eigenvalue weighted by Gasteiger charge is -2.39. The number of ketones is 1. The van der Waals surface area contributed by atoms with Crippen molar-refractivity contribution in [2.75, 3.05) is 10.2 Å². The maximum atomic E-state index is 13.6. The average molecular weight is 425 g/mol. The molecule has 3 aromatic rings. The van der Waals surface area contributed by atoms with E-state index in [9.17, 15) is 14.4 Å². The van der Waals surface area contributed by atoms with E-state index in [0.717, 1.165) is 5.56 Å². The van der Waals surface area contributed by atoms with E-state index >= 15 is 0 Å². The number of carbonyl (C=O) groups is 3. The highest BCUT2D eigenvalue weighted by Gasteiger charge is 2.46. The van der Waals surface area contributed by atoms with E-state index in [1.54, 1.807) is 31.2 Å². The number of Topliss-reactive ketones (excluding diaryl/α,β-unsaturated/α-hetero) is 1. The maximum absolute atomic E-state index is 13.6. The lowest BCUT2D eigenvalue weighted by molar-refractivity contribution is -0.132. The van der Waals surface area contributed by atoms with Crippen LogP contribution < -0.4 is 10.2 Å². The molecule has 0 fully saturated rings. The van der Waals surface area contributed by atoms with Gasteiger partial charge in [0.05, 0.1) is 0 Å². The number of hydrogen-bond acceptors (Lipinski definition) is 3. The molecule has 1 aliphatic heterocycles. The van der Waals surface area contributed by atoms with Gasteiger partial charge in [0, 0.05) is 28.6 Å². The van der Waals surface area contributed by atoms with E-state index in [0.29, 0.717) is 22.6 Å². The summed E-state index contributed by atoms with van der Waals surface area (Å²) in [6, 6.07) is 27.5. The third kappa shape index (κ3) is 3.97. The van der Waals surface area contributed by atoms with Gasteiger partial charge in [-0.2, -0.15) is 0 Å². The molecular formula is C27H24N2O3. The summed E-state index contributed by atoms with van der Waals surface area (Å²) in [6.45, 7) is 3.17. The third-order valence-electron chi connectivity index (χ3n) is 5.74. The monoisotopic (exact) mass is 424 g/mol. The zero-order valence-corrected chi connectivity index (χ0v) is 18.0. The van der Waals surface area contributed by atoms with Crippen LogP contribution in [0.5, 0.6) is 0 Å². The number of benzene rings is 3. The van der Waals surface area contributed by atoms with Crippen molar-refractivity contribution in [2.24, 2.45) is 5.92 Å². The van der Waals surface area contributed by atoms with Gasteiger partial charge in [-0.3, -0.25) is 19.3 Å². The number of nitrogens with zero attached hydrogens (tertiary/aromatic N) is 1. The van der Waals surface area contributed by atoms with Crippen LogP contribution in [0.1, 0.15) is 25.3 Å². The van der Waals surface area contributed by atoms with Crippen LogP contribution in [0.15, 0.2) is 102 Å². The van der Waals surface area contributed by atoms with Gasteiger partial charge in [-0.05, 0) is 43.7 Å². The Hall–Kier alpha value is -3.99. The van der Waals surface area contributed by atoms with E-state index in [-0.39, 0.29) is 17.6 Å². The summed E-state index contributed by atoms with van der Waals surface area (Å²) in [5.41, 5.74) is 2.95. The Morgan fingerprint density at radius 1 is 0.812 bits per heavy atom. The summed E-state index contributed by atoms with van der Waals surface area (Å²) in [5, 5.41) is 2.94. The van der Waals surface area contributed by atoms with Gasteiger partial charge >= 0.3 is 0 Å². The molecule has 32 heavy (non-hydrogen) atoms. The van der Waals surface area contributed by atoms with Crippen LogP contribution in [0.2, 0.25) is 0 Å². The number of hydrogen-bond donors (Lipinski definition) is 1. The smallest absolute Gasteiger partial charge is 0.254 e. The highest BCUT2D eigenvalue weighted by molar-refractivity contribution is 6.16. The second kappa shape index (κ2) is 9.02. The standard InChI is InChI=1S/C27H24N2O3/c1-18-23(26(31)28-21-14-8-4-9-15-21)25(20-12-6-3-7-13-20)24(19(2)30)27(32)29(18)22-16-10-5-11-17-22/h3-17,24-25H,1-2H3,(H,28,31)/t24-,25+/m0/s1. The van der Waals surface area contributed by atoms with Gasteiger partial charge in [0.1, 0.15) is 11.7 Å². The largest absolute Gasteiger partial charge is 0.322 e. The van der Waals surface area contributed by atoms with Crippen LogP contribution in [-0.2, 0) is 14.4 Å². The molecule has 160 valence electrons. The predicted molar refractivity (Wildman–Crippen MR) is 125 cm³/mol. The summed E-state index contributed by atoms with van der Waals surface area (Å²) in [5.74, 6) is -2.61. The van der Waals surface area contributed by atoms with Gasteiger partial charge < -0.3 is 5.32 Å². The first-order valence-electron chi connectivity index (χ1n) is 10.5. The van der Waals surface area contributed by atoms with E-state index in [4.69, 9.17) is 0 Å². The number of amides is 2. The molecule has 1 heterocycles. The summed E-state index contributed by atoms with van der Waals surface area (Å²) in [4.78, 5) is 41.5. The molecule has 2 atom stereocenters. The topological polar surface area (TPSA) is 66.5 Å². The lowest BCUT2D eigenvalue weighted by atomic mass is 9.74. The molecule has 0 unspecified atom stereocenters. The van der Waals surface area contributed by atoms with Crippen LogP contribution in [0, 0.1) is 5.92 Å². The predicted octanol–water partition coefficient (Wildman–Crippen LogP) is 4.93. The summed E-state index contributed by atoms with van der Waals surface area (Å²) >= 11 is 0. The second-order valence-electron chi connectivity index (χ2n) is 7.81. The molecule has 0 spiro atoms. The molecule has 2 amide bonds. The highest BCUT2D eigenvalue weighted by atomic mass is 16.2. The highest BCUT2D eigenvalue weighted by Crippen LogP contribution is 2.42. The average Bonchev–Trinajstić information content (AvgIpc) is 2.80. The van der Waals surface area contributed by atoms with Crippen LogP contribution in [0.3, 0.4) is 0 Å². The lowest BCUT2D eigenvalue weighted by Crippen LogP contribution is -2.48. The number of nitrogens with one attached hydrogen (secondary N) is 1. The molecule has 0 aliphatic carbocycles. The quantitative estimate of drug-likeness (QED) is 0.590. The van der Waals surface area contributed by atoms with E-state index in [1.165, 1.54) is 11.8 Å². The molecule has 1 aliphatic rings. The molecule has 5 heteroatoms. The first-order valence-corrected chi connectivity index (χ1v) is 10.5. The van der Waals surface area contributed by atoms with Crippen LogP contribution in [0.4, 0.5) is 11.4 Å². The van der Waals surface area contributed by atoms with E-state index in [1.807, 2.05) is 66.7 Å². The van der Waals surface area contributed by atoms with Gasteiger partial charge in [0.15, 0.2) is 0 Å². The van der Waals surface area contributed by atoms with Crippen molar-refractivity contribution in [3.63, 3.8) is 0 Å². The Morgan fingerprint density at radius 3 is 1.91 bits per heavy atom.